The second-order valence-electron chi connectivity index (χ2n) is 7.70. The molecule has 0 saturated carbocycles. The Morgan fingerprint density at radius 2 is 1.52 bits per heavy atom. The molecule has 0 atom stereocenters. The summed E-state index contributed by atoms with van der Waals surface area (Å²) in [5, 5.41) is 0. The Hall–Kier alpha value is -2.18. The zero-order valence-electron chi connectivity index (χ0n) is 17.5. The summed E-state index contributed by atoms with van der Waals surface area (Å²) in [6, 6.07) is 13.6. The second-order valence-corrected chi connectivity index (χ2v) is 9.64. The molecule has 1 fully saturated rings. The van der Waals surface area contributed by atoms with Gasteiger partial charge in [-0.2, -0.15) is 4.31 Å². The first-order chi connectivity index (χ1) is 13.8. The van der Waals surface area contributed by atoms with Crippen molar-refractivity contribution >= 4 is 15.9 Å². The number of sulfonamides is 1. The van der Waals surface area contributed by atoms with Gasteiger partial charge in [0.25, 0.3) is 0 Å². The van der Waals surface area contributed by atoms with E-state index in [2.05, 4.69) is 31.2 Å². The van der Waals surface area contributed by atoms with Crippen LogP contribution in [0, 0.1) is 13.8 Å². The summed E-state index contributed by atoms with van der Waals surface area (Å²) in [5.74, 6) is 0.0906. The Bertz CT molecular complexity index is 960. The maximum atomic E-state index is 12.9. The normalized spacial score (nSPS) is 15.5. The van der Waals surface area contributed by atoms with E-state index < -0.39 is 10.0 Å². The third-order valence-electron chi connectivity index (χ3n) is 5.77. The van der Waals surface area contributed by atoms with E-state index in [9.17, 15) is 13.2 Å². The maximum absolute atomic E-state index is 12.9. The summed E-state index contributed by atoms with van der Waals surface area (Å²) in [4.78, 5) is 14.7. The van der Waals surface area contributed by atoms with Gasteiger partial charge in [-0.3, -0.25) is 4.79 Å². The van der Waals surface area contributed by atoms with Crippen LogP contribution >= 0.6 is 0 Å². The molecule has 1 aliphatic heterocycles. The predicted molar refractivity (Wildman–Crippen MR) is 115 cm³/mol. The highest BCUT2D eigenvalue weighted by atomic mass is 32.2. The van der Waals surface area contributed by atoms with Crippen molar-refractivity contribution in [3.8, 4) is 0 Å². The number of aryl methyl sites for hydroxylation is 4. The van der Waals surface area contributed by atoms with Crippen molar-refractivity contribution in [2.75, 3.05) is 26.2 Å². The van der Waals surface area contributed by atoms with Gasteiger partial charge in [0.15, 0.2) is 0 Å². The van der Waals surface area contributed by atoms with Crippen molar-refractivity contribution in [1.29, 1.82) is 0 Å². The Morgan fingerprint density at radius 3 is 2.10 bits per heavy atom. The smallest absolute Gasteiger partial charge is 0.243 e. The van der Waals surface area contributed by atoms with Crippen LogP contribution in [-0.2, 0) is 27.7 Å². The van der Waals surface area contributed by atoms with E-state index in [4.69, 9.17) is 0 Å². The molecule has 1 amide bonds. The van der Waals surface area contributed by atoms with Gasteiger partial charge in [-0.05, 0) is 61.1 Å². The van der Waals surface area contributed by atoms with Crippen LogP contribution in [0.15, 0.2) is 47.4 Å². The minimum Gasteiger partial charge on any atom is -0.340 e. The highest BCUT2D eigenvalue weighted by molar-refractivity contribution is 7.89. The molecule has 5 nitrogen and oxygen atoms in total. The van der Waals surface area contributed by atoms with Crippen molar-refractivity contribution in [1.82, 2.24) is 9.21 Å². The zero-order chi connectivity index (χ0) is 21.0. The fourth-order valence-electron chi connectivity index (χ4n) is 3.55. The van der Waals surface area contributed by atoms with Gasteiger partial charge in [-0.1, -0.05) is 37.3 Å². The average molecular weight is 415 g/mol. The largest absolute Gasteiger partial charge is 0.340 e. The van der Waals surface area contributed by atoms with Crippen LogP contribution in [0.5, 0.6) is 0 Å². The maximum Gasteiger partial charge on any atom is 0.243 e. The molecule has 29 heavy (non-hydrogen) atoms. The van der Waals surface area contributed by atoms with Gasteiger partial charge in [0.2, 0.25) is 15.9 Å². The number of nitrogens with zero attached hydrogens (tertiary/aromatic N) is 2. The number of piperazine rings is 1. The van der Waals surface area contributed by atoms with Crippen molar-refractivity contribution in [2.45, 2.75) is 44.9 Å². The van der Waals surface area contributed by atoms with Crippen LogP contribution in [-0.4, -0.2) is 49.7 Å². The van der Waals surface area contributed by atoms with Gasteiger partial charge in [-0.15, -0.1) is 0 Å². The highest BCUT2D eigenvalue weighted by Crippen LogP contribution is 2.21. The lowest BCUT2D eigenvalue weighted by molar-refractivity contribution is -0.132. The first kappa shape index (κ1) is 21.5. The molecule has 0 unspecified atom stereocenters. The summed E-state index contributed by atoms with van der Waals surface area (Å²) in [5.41, 5.74) is 4.49. The van der Waals surface area contributed by atoms with E-state index in [0.717, 1.165) is 23.1 Å². The Balaban J connectivity index is 1.54. The van der Waals surface area contributed by atoms with E-state index in [1.165, 1.54) is 9.87 Å². The molecule has 6 heteroatoms. The number of carbonyl (C=O) groups excluding carboxylic acids is 1. The molecule has 0 N–H and O–H groups in total. The lowest BCUT2D eigenvalue weighted by atomic mass is 10.1. The van der Waals surface area contributed by atoms with Gasteiger partial charge in [-0.25, -0.2) is 8.42 Å². The van der Waals surface area contributed by atoms with E-state index >= 15 is 0 Å². The summed E-state index contributed by atoms with van der Waals surface area (Å²) >= 11 is 0. The summed E-state index contributed by atoms with van der Waals surface area (Å²) < 4.78 is 27.3. The van der Waals surface area contributed by atoms with E-state index in [1.54, 1.807) is 17.0 Å². The first-order valence-electron chi connectivity index (χ1n) is 10.2. The van der Waals surface area contributed by atoms with Crippen molar-refractivity contribution in [3.05, 3.63) is 64.7 Å². The SMILES string of the molecule is CCc1ccc(CCC(=O)N2CCN(S(=O)(=O)c3ccc(C)c(C)c3)CC2)cc1. The third-order valence-corrected chi connectivity index (χ3v) is 7.66. The van der Waals surface area contributed by atoms with Crippen molar-refractivity contribution < 1.29 is 13.2 Å². The van der Waals surface area contributed by atoms with E-state index in [0.29, 0.717) is 43.9 Å². The summed E-state index contributed by atoms with van der Waals surface area (Å²) in [7, 11) is -3.52. The number of rotatable bonds is 6. The first-order valence-corrected chi connectivity index (χ1v) is 11.7. The van der Waals surface area contributed by atoms with Crippen molar-refractivity contribution in [2.24, 2.45) is 0 Å². The molecule has 0 bridgehead atoms. The van der Waals surface area contributed by atoms with Crippen LogP contribution in [0.1, 0.15) is 35.6 Å². The Labute approximate surface area is 174 Å². The van der Waals surface area contributed by atoms with Crippen LogP contribution < -0.4 is 0 Å². The molecule has 156 valence electrons. The number of carbonyl (C=O) groups is 1. The number of hydrogen-bond donors (Lipinski definition) is 0. The molecule has 3 rings (SSSR count). The molecule has 0 aliphatic carbocycles. The van der Waals surface area contributed by atoms with Gasteiger partial charge >= 0.3 is 0 Å². The molecule has 1 saturated heterocycles. The van der Waals surface area contributed by atoms with Gasteiger partial charge in [0.05, 0.1) is 4.90 Å². The Morgan fingerprint density at radius 1 is 0.897 bits per heavy atom. The van der Waals surface area contributed by atoms with E-state index in [-0.39, 0.29) is 5.91 Å². The Kier molecular flexibility index (Phi) is 6.75. The molecule has 0 radical (unpaired) electrons. The predicted octanol–water partition coefficient (Wildman–Crippen LogP) is 3.33. The van der Waals surface area contributed by atoms with Gasteiger partial charge in [0, 0.05) is 32.6 Å². The highest BCUT2D eigenvalue weighted by Gasteiger charge is 2.30. The fraction of sp³-hybridized carbons (Fsp3) is 0.435. The minimum atomic E-state index is -3.52. The molecule has 0 aromatic heterocycles. The number of hydrogen-bond acceptors (Lipinski definition) is 3. The van der Waals surface area contributed by atoms with Gasteiger partial charge in [0.1, 0.15) is 0 Å². The number of amides is 1. The monoisotopic (exact) mass is 414 g/mol. The minimum absolute atomic E-state index is 0.0906. The molecule has 2 aromatic rings. The lowest BCUT2D eigenvalue weighted by Gasteiger charge is -2.34. The fourth-order valence-corrected chi connectivity index (χ4v) is 5.06. The molecular weight excluding hydrogens is 384 g/mol. The summed E-state index contributed by atoms with van der Waals surface area (Å²) in [6.45, 7) is 7.57. The van der Waals surface area contributed by atoms with Crippen LogP contribution in [0.2, 0.25) is 0 Å². The molecule has 1 aliphatic rings. The molecular formula is C23H30N2O3S. The van der Waals surface area contributed by atoms with Crippen LogP contribution in [0.4, 0.5) is 0 Å². The average Bonchev–Trinajstić information content (AvgIpc) is 2.74. The second kappa shape index (κ2) is 9.09. The number of benzene rings is 2. The zero-order valence-corrected chi connectivity index (χ0v) is 18.3. The van der Waals surface area contributed by atoms with Crippen LogP contribution in [0.3, 0.4) is 0 Å². The third kappa shape index (κ3) is 5.06. The lowest BCUT2D eigenvalue weighted by Crippen LogP contribution is -2.50. The summed E-state index contributed by atoms with van der Waals surface area (Å²) in [6.07, 6.45) is 2.17. The topological polar surface area (TPSA) is 57.7 Å². The molecule has 1 heterocycles. The van der Waals surface area contributed by atoms with Gasteiger partial charge < -0.3 is 4.90 Å². The van der Waals surface area contributed by atoms with E-state index in [1.807, 2.05) is 19.9 Å². The quantitative estimate of drug-likeness (QED) is 0.729. The standard InChI is InChI=1S/C23H30N2O3S/c1-4-20-6-8-21(9-7-20)10-12-23(26)24-13-15-25(16-14-24)29(27,28)22-11-5-18(2)19(3)17-22/h5-9,11,17H,4,10,12-16H2,1-3H3. The van der Waals surface area contributed by atoms with Crippen molar-refractivity contribution in [3.63, 3.8) is 0 Å². The molecule has 2 aromatic carbocycles. The molecule has 0 spiro atoms. The van der Waals surface area contributed by atoms with Crippen LogP contribution in [0.25, 0.3) is 0 Å².